The van der Waals surface area contributed by atoms with Crippen LogP contribution in [0, 0.1) is 12.7 Å². The van der Waals surface area contributed by atoms with Gasteiger partial charge < -0.3 is 5.73 Å². The van der Waals surface area contributed by atoms with Crippen molar-refractivity contribution >= 4 is 28.2 Å². The molecular formula is C16H12ClFN2. The van der Waals surface area contributed by atoms with Gasteiger partial charge in [-0.25, -0.2) is 9.37 Å². The lowest BCUT2D eigenvalue weighted by atomic mass is 9.98. The molecule has 0 bridgehead atoms. The number of benzene rings is 2. The largest absolute Gasteiger partial charge is 0.384 e. The fraction of sp³-hybridized carbons (Fsp3) is 0.0625. The van der Waals surface area contributed by atoms with Crippen molar-refractivity contribution in [3.63, 3.8) is 0 Å². The van der Waals surface area contributed by atoms with Gasteiger partial charge in [0.15, 0.2) is 0 Å². The van der Waals surface area contributed by atoms with Gasteiger partial charge in [-0.1, -0.05) is 23.7 Å². The van der Waals surface area contributed by atoms with Crippen LogP contribution < -0.4 is 5.73 Å². The maximum absolute atomic E-state index is 14.1. The van der Waals surface area contributed by atoms with Gasteiger partial charge in [-0.3, -0.25) is 0 Å². The van der Waals surface area contributed by atoms with Crippen LogP contribution in [0.25, 0.3) is 21.9 Å². The van der Waals surface area contributed by atoms with Gasteiger partial charge in [0.25, 0.3) is 0 Å². The predicted molar refractivity (Wildman–Crippen MR) is 81.3 cm³/mol. The minimum absolute atomic E-state index is 0.260. The fourth-order valence-corrected chi connectivity index (χ4v) is 2.65. The molecule has 4 heteroatoms. The molecule has 0 aliphatic carbocycles. The van der Waals surface area contributed by atoms with E-state index in [1.54, 1.807) is 24.4 Å². The van der Waals surface area contributed by atoms with Crippen LogP contribution in [0.5, 0.6) is 0 Å². The Morgan fingerprint density at radius 3 is 2.75 bits per heavy atom. The Bertz CT molecular complexity index is 795. The maximum Gasteiger partial charge on any atom is 0.131 e. The summed E-state index contributed by atoms with van der Waals surface area (Å²) < 4.78 is 14.1. The molecular weight excluding hydrogens is 275 g/mol. The number of pyridine rings is 1. The summed E-state index contributed by atoms with van der Waals surface area (Å²) in [5.74, 6) is 0.151. The van der Waals surface area contributed by atoms with E-state index in [0.717, 1.165) is 21.9 Å². The topological polar surface area (TPSA) is 38.9 Å². The number of nitrogen functional groups attached to an aromatic ring is 1. The highest BCUT2D eigenvalue weighted by molar-refractivity contribution is 6.36. The summed E-state index contributed by atoms with van der Waals surface area (Å²) in [6, 6.07) is 10.4. The van der Waals surface area contributed by atoms with E-state index in [4.69, 9.17) is 17.3 Å². The highest BCUT2D eigenvalue weighted by atomic mass is 35.5. The Labute approximate surface area is 121 Å². The second kappa shape index (κ2) is 4.76. The van der Waals surface area contributed by atoms with E-state index in [2.05, 4.69) is 4.98 Å². The van der Waals surface area contributed by atoms with Crippen molar-refractivity contribution in [2.45, 2.75) is 6.92 Å². The molecule has 20 heavy (non-hydrogen) atoms. The third kappa shape index (κ3) is 2.10. The highest BCUT2D eigenvalue weighted by Gasteiger charge is 2.11. The van der Waals surface area contributed by atoms with Crippen LogP contribution >= 0.6 is 11.6 Å². The molecule has 0 fully saturated rings. The number of nitrogens with two attached hydrogens (primary N) is 1. The lowest BCUT2D eigenvalue weighted by Crippen LogP contribution is -1.92. The molecule has 3 aromatic rings. The molecule has 0 unspecified atom stereocenters. The van der Waals surface area contributed by atoms with Crippen molar-refractivity contribution in [2.75, 3.05) is 5.73 Å². The SMILES string of the molecule is Cc1cccc(F)c1-c1cc(Cl)c2cc(N)ncc2c1. The van der Waals surface area contributed by atoms with Crippen LogP contribution in [-0.2, 0) is 0 Å². The number of aryl methyl sites for hydroxylation is 1. The van der Waals surface area contributed by atoms with Gasteiger partial charge in [-0.2, -0.15) is 0 Å². The molecule has 2 nitrogen and oxygen atoms in total. The second-order valence-corrected chi connectivity index (χ2v) is 5.13. The first-order chi connectivity index (χ1) is 9.56. The van der Waals surface area contributed by atoms with E-state index in [-0.39, 0.29) is 5.82 Å². The number of hydrogen-bond acceptors (Lipinski definition) is 2. The molecule has 2 N–H and O–H groups in total. The smallest absolute Gasteiger partial charge is 0.131 e. The summed E-state index contributed by atoms with van der Waals surface area (Å²) in [5.41, 5.74) is 7.83. The summed E-state index contributed by atoms with van der Waals surface area (Å²) in [7, 11) is 0. The van der Waals surface area contributed by atoms with Crippen molar-refractivity contribution < 1.29 is 4.39 Å². The molecule has 0 amide bonds. The summed E-state index contributed by atoms with van der Waals surface area (Å²) in [4.78, 5) is 4.05. The standard InChI is InChI=1S/C16H12ClFN2/c1-9-3-2-4-14(18)16(9)10-5-11-8-20-15(19)7-12(11)13(17)6-10/h2-8H,1H3,(H2,19,20). The number of rotatable bonds is 1. The zero-order chi connectivity index (χ0) is 14.3. The zero-order valence-electron chi connectivity index (χ0n) is 10.8. The van der Waals surface area contributed by atoms with Gasteiger partial charge in [0.05, 0.1) is 0 Å². The first-order valence-electron chi connectivity index (χ1n) is 6.16. The number of hydrogen-bond donors (Lipinski definition) is 1. The Balaban J connectivity index is 2.31. The average Bonchev–Trinajstić information content (AvgIpc) is 2.39. The highest BCUT2D eigenvalue weighted by Crippen LogP contribution is 2.33. The lowest BCUT2D eigenvalue weighted by Gasteiger charge is -2.10. The number of nitrogens with zero attached hydrogens (tertiary/aromatic N) is 1. The van der Waals surface area contributed by atoms with Crippen LogP contribution in [0.3, 0.4) is 0 Å². The van der Waals surface area contributed by atoms with Gasteiger partial charge in [0, 0.05) is 27.6 Å². The minimum atomic E-state index is -0.260. The average molecular weight is 287 g/mol. The normalized spacial score (nSPS) is 10.9. The van der Waals surface area contributed by atoms with E-state index < -0.39 is 0 Å². The quantitative estimate of drug-likeness (QED) is 0.711. The van der Waals surface area contributed by atoms with Crippen molar-refractivity contribution in [3.8, 4) is 11.1 Å². The molecule has 2 aromatic carbocycles. The second-order valence-electron chi connectivity index (χ2n) is 4.72. The monoisotopic (exact) mass is 286 g/mol. The molecule has 0 aliphatic rings. The van der Waals surface area contributed by atoms with E-state index in [0.29, 0.717) is 16.4 Å². The molecule has 0 atom stereocenters. The fourth-order valence-electron chi connectivity index (χ4n) is 2.37. The number of aromatic nitrogens is 1. The molecule has 1 heterocycles. The molecule has 3 rings (SSSR count). The van der Waals surface area contributed by atoms with Gasteiger partial charge in [-0.15, -0.1) is 0 Å². The molecule has 1 aromatic heterocycles. The predicted octanol–water partition coefficient (Wildman–Crippen LogP) is 4.58. The third-order valence-corrected chi connectivity index (χ3v) is 3.63. The molecule has 0 saturated carbocycles. The summed E-state index contributed by atoms with van der Waals surface area (Å²) in [6.07, 6.45) is 1.65. The van der Waals surface area contributed by atoms with E-state index in [9.17, 15) is 4.39 Å². The van der Waals surface area contributed by atoms with Crippen molar-refractivity contribution in [1.82, 2.24) is 4.98 Å². The van der Waals surface area contributed by atoms with Crippen molar-refractivity contribution in [1.29, 1.82) is 0 Å². The number of halogens is 2. The Kier molecular flexibility index (Phi) is 3.07. The Hall–Kier alpha value is -2.13. The molecule has 0 aliphatic heterocycles. The van der Waals surface area contributed by atoms with Crippen LogP contribution in [0.1, 0.15) is 5.56 Å². The van der Waals surface area contributed by atoms with Crippen molar-refractivity contribution in [3.05, 3.63) is 59.0 Å². The van der Waals surface area contributed by atoms with Crippen molar-refractivity contribution in [2.24, 2.45) is 0 Å². The van der Waals surface area contributed by atoms with Crippen LogP contribution in [0.15, 0.2) is 42.6 Å². The molecule has 100 valence electrons. The van der Waals surface area contributed by atoms with E-state index >= 15 is 0 Å². The lowest BCUT2D eigenvalue weighted by molar-refractivity contribution is 0.630. The number of fused-ring (bicyclic) bond motifs is 1. The summed E-state index contributed by atoms with van der Waals surface area (Å²) in [5, 5.41) is 2.19. The van der Waals surface area contributed by atoms with Gasteiger partial charge in [0.1, 0.15) is 11.6 Å². The van der Waals surface area contributed by atoms with E-state index in [1.165, 1.54) is 6.07 Å². The maximum atomic E-state index is 14.1. The van der Waals surface area contributed by atoms with Crippen LogP contribution in [0.4, 0.5) is 10.2 Å². The number of anilines is 1. The molecule has 0 radical (unpaired) electrons. The summed E-state index contributed by atoms with van der Waals surface area (Å²) >= 11 is 6.28. The van der Waals surface area contributed by atoms with E-state index in [1.807, 2.05) is 19.1 Å². The first kappa shape index (κ1) is 12.9. The summed E-state index contributed by atoms with van der Waals surface area (Å²) in [6.45, 7) is 1.87. The van der Waals surface area contributed by atoms with Gasteiger partial charge in [-0.05, 0) is 42.3 Å². The third-order valence-electron chi connectivity index (χ3n) is 3.32. The zero-order valence-corrected chi connectivity index (χ0v) is 11.6. The molecule has 0 saturated heterocycles. The molecule has 0 spiro atoms. The Morgan fingerprint density at radius 1 is 1.20 bits per heavy atom. The minimum Gasteiger partial charge on any atom is -0.384 e. The van der Waals surface area contributed by atoms with Gasteiger partial charge in [0.2, 0.25) is 0 Å². The van der Waals surface area contributed by atoms with Gasteiger partial charge >= 0.3 is 0 Å². The van der Waals surface area contributed by atoms with Crippen LogP contribution in [0.2, 0.25) is 5.02 Å². The first-order valence-corrected chi connectivity index (χ1v) is 6.54. The van der Waals surface area contributed by atoms with Crippen LogP contribution in [-0.4, -0.2) is 4.98 Å². The Morgan fingerprint density at radius 2 is 2.00 bits per heavy atom.